The van der Waals surface area contributed by atoms with Crippen LogP contribution in [-0.2, 0) is 0 Å². The summed E-state index contributed by atoms with van der Waals surface area (Å²) in [5, 5.41) is 4.94. The maximum absolute atomic E-state index is 3.44. The second-order valence-corrected chi connectivity index (χ2v) is 7.98. The van der Waals surface area contributed by atoms with E-state index in [0.29, 0.717) is 0 Å². The summed E-state index contributed by atoms with van der Waals surface area (Å²) in [6.45, 7) is 6.84. The molecule has 1 N–H and O–H groups in total. The number of nitrogens with one attached hydrogen (secondary N) is 1. The van der Waals surface area contributed by atoms with Crippen LogP contribution in [-0.4, -0.2) is 20.4 Å². The molecule has 0 saturated carbocycles. The minimum atomic E-state index is -1.35. The molecule has 1 rings (SSSR count). The van der Waals surface area contributed by atoms with E-state index in [-0.39, 0.29) is 0 Å². The Morgan fingerprint density at radius 1 is 1.17 bits per heavy atom. The zero-order valence-corrected chi connectivity index (χ0v) is 9.31. The van der Waals surface area contributed by atoms with E-state index in [2.05, 4.69) is 56.7 Å². The summed E-state index contributed by atoms with van der Waals surface area (Å²) < 4.78 is 0. The van der Waals surface area contributed by atoms with Crippen molar-refractivity contribution in [2.24, 2.45) is 0 Å². The molecule has 0 spiro atoms. The fraction of sp³-hybridized carbons (Fsp3) is 0.400. The Morgan fingerprint density at radius 3 is 2.25 bits per heavy atom. The average Bonchev–Trinajstić information content (AvgIpc) is 2.05. The number of aryl methyl sites for hydroxylation is 1. The topological polar surface area (TPSA) is 12.0 Å². The first kappa shape index (κ1) is 9.70. The van der Waals surface area contributed by atoms with Crippen LogP contribution in [0.5, 0.6) is 0 Å². The van der Waals surface area contributed by atoms with Crippen LogP contribution < -0.4 is 10.4 Å². The molecule has 1 nitrogen and oxygen atoms in total. The summed E-state index contributed by atoms with van der Waals surface area (Å²) in [4.78, 5) is 0. The zero-order chi connectivity index (χ0) is 9.19. The summed E-state index contributed by atoms with van der Waals surface area (Å²) in [5.41, 5.74) is 1.41. The van der Waals surface area contributed by atoms with Crippen LogP contribution in [0.25, 0.3) is 0 Å². The Bertz CT molecular complexity index is 268. The van der Waals surface area contributed by atoms with Crippen LogP contribution in [0.3, 0.4) is 0 Å². The van der Waals surface area contributed by atoms with Gasteiger partial charge in [0.15, 0.2) is 0 Å². The molecular weight excluding hydrogens is 165 g/mol. The molecule has 0 unspecified atom stereocenters. The van der Waals surface area contributed by atoms with E-state index in [4.69, 9.17) is 0 Å². The van der Waals surface area contributed by atoms with Gasteiger partial charge in [-0.2, -0.15) is 0 Å². The molecule has 0 aliphatic carbocycles. The van der Waals surface area contributed by atoms with Gasteiger partial charge < -0.3 is 0 Å². The van der Waals surface area contributed by atoms with Gasteiger partial charge >= 0.3 is 74.9 Å². The molecule has 1 aromatic carbocycles. The number of hydrogen-bond acceptors (Lipinski definition) is 1. The third-order valence-electron chi connectivity index (χ3n) is 2.44. The molecular formula is C10H18NP. The zero-order valence-electron chi connectivity index (χ0n) is 8.31. The molecule has 0 heterocycles. The van der Waals surface area contributed by atoms with Crippen molar-refractivity contribution in [3.63, 3.8) is 0 Å². The van der Waals surface area contributed by atoms with Crippen molar-refractivity contribution in [1.29, 1.82) is 0 Å². The second kappa shape index (κ2) is 3.55. The normalized spacial score (nSPS) is 13.0. The van der Waals surface area contributed by atoms with Gasteiger partial charge in [0.1, 0.15) is 0 Å². The van der Waals surface area contributed by atoms with Crippen molar-refractivity contribution in [2.75, 3.05) is 20.4 Å². The molecule has 0 aromatic heterocycles. The van der Waals surface area contributed by atoms with Crippen LogP contribution >= 0.6 is 7.41 Å². The van der Waals surface area contributed by atoms with E-state index < -0.39 is 7.41 Å². The fourth-order valence-electron chi connectivity index (χ4n) is 1.41. The maximum atomic E-state index is 3.44. The summed E-state index contributed by atoms with van der Waals surface area (Å²) in [7, 11) is 0.706. The van der Waals surface area contributed by atoms with Crippen molar-refractivity contribution in [3.05, 3.63) is 29.8 Å². The molecule has 0 atom stereocenters. The Kier molecular flexibility index (Phi) is 2.87. The van der Waals surface area contributed by atoms with Gasteiger partial charge in [-0.3, -0.25) is 0 Å². The van der Waals surface area contributed by atoms with Crippen LogP contribution in [0.15, 0.2) is 24.3 Å². The van der Waals surface area contributed by atoms with Crippen LogP contribution in [0, 0.1) is 6.92 Å². The van der Waals surface area contributed by atoms with Gasteiger partial charge in [0.05, 0.1) is 0 Å². The summed E-state index contributed by atoms with van der Waals surface area (Å²) in [5.74, 6) is 0. The van der Waals surface area contributed by atoms with Gasteiger partial charge in [-0.05, 0) is 0 Å². The Labute approximate surface area is 75.6 Å². The molecule has 2 heteroatoms. The van der Waals surface area contributed by atoms with E-state index in [1.807, 2.05) is 0 Å². The van der Waals surface area contributed by atoms with E-state index in [0.717, 1.165) is 0 Å². The summed E-state index contributed by atoms with van der Waals surface area (Å²) in [6.07, 6.45) is 0. The van der Waals surface area contributed by atoms with Gasteiger partial charge in [0, 0.05) is 0 Å². The van der Waals surface area contributed by atoms with Gasteiger partial charge in [-0.25, -0.2) is 0 Å². The average molecular weight is 183 g/mol. The van der Waals surface area contributed by atoms with Crippen LogP contribution in [0.1, 0.15) is 5.56 Å². The SMILES string of the molecule is CN[PH](C)(C)c1ccccc1C. The molecule has 12 heavy (non-hydrogen) atoms. The molecule has 0 fully saturated rings. The minimum absolute atomic E-state index is 1.35. The summed E-state index contributed by atoms with van der Waals surface area (Å²) in [6, 6.07) is 8.63. The van der Waals surface area contributed by atoms with E-state index in [9.17, 15) is 0 Å². The number of benzene rings is 1. The fourth-order valence-corrected chi connectivity index (χ4v) is 3.26. The van der Waals surface area contributed by atoms with Crippen molar-refractivity contribution in [1.82, 2.24) is 5.09 Å². The Morgan fingerprint density at radius 2 is 1.75 bits per heavy atom. The van der Waals surface area contributed by atoms with Gasteiger partial charge in [-0.15, -0.1) is 0 Å². The molecule has 0 saturated heterocycles. The van der Waals surface area contributed by atoms with Gasteiger partial charge in [-0.1, -0.05) is 0 Å². The monoisotopic (exact) mass is 183 g/mol. The van der Waals surface area contributed by atoms with E-state index in [1.165, 1.54) is 10.9 Å². The molecule has 0 aliphatic heterocycles. The van der Waals surface area contributed by atoms with E-state index >= 15 is 0 Å². The van der Waals surface area contributed by atoms with Crippen LogP contribution in [0.2, 0.25) is 0 Å². The first-order valence-electron chi connectivity index (χ1n) is 4.33. The predicted octanol–water partition coefficient (Wildman–Crippen LogP) is 1.76. The molecule has 0 aliphatic rings. The van der Waals surface area contributed by atoms with Crippen molar-refractivity contribution >= 4 is 12.7 Å². The number of hydrogen-bond donors (Lipinski definition) is 1. The van der Waals surface area contributed by atoms with Crippen molar-refractivity contribution < 1.29 is 0 Å². The predicted molar refractivity (Wildman–Crippen MR) is 60.0 cm³/mol. The van der Waals surface area contributed by atoms with Crippen molar-refractivity contribution in [2.45, 2.75) is 6.92 Å². The first-order chi connectivity index (χ1) is 5.58. The standard InChI is InChI=1S/C10H18NP/c1-9-7-5-6-8-10(9)12(3,4)11-2/h5-8,11-12H,1-4H3. The van der Waals surface area contributed by atoms with Crippen LogP contribution in [0.4, 0.5) is 0 Å². The Hall–Kier alpha value is -0.390. The summed E-state index contributed by atoms with van der Waals surface area (Å²) >= 11 is 0. The molecule has 1 aromatic rings. The van der Waals surface area contributed by atoms with Crippen molar-refractivity contribution in [3.8, 4) is 0 Å². The first-order valence-corrected chi connectivity index (χ1v) is 7.33. The molecule has 0 amide bonds. The molecule has 0 bridgehead atoms. The number of rotatable bonds is 2. The molecule has 0 radical (unpaired) electrons. The Balaban J connectivity index is 3.10. The third-order valence-corrected chi connectivity index (χ3v) is 5.60. The second-order valence-electron chi connectivity index (χ2n) is 3.69. The third kappa shape index (κ3) is 1.85. The quantitative estimate of drug-likeness (QED) is 0.689. The van der Waals surface area contributed by atoms with Gasteiger partial charge in [0.25, 0.3) is 0 Å². The van der Waals surface area contributed by atoms with E-state index in [1.54, 1.807) is 0 Å². The molecule has 68 valence electrons. The van der Waals surface area contributed by atoms with Gasteiger partial charge in [0.2, 0.25) is 0 Å².